The zero-order chi connectivity index (χ0) is 28.9. The van der Waals surface area contributed by atoms with Crippen molar-refractivity contribution in [3.05, 3.63) is 24.3 Å². The Labute approximate surface area is 250 Å². The smallest absolute Gasteiger partial charge is 0.434 e. The molecular weight excluding hydrogens is 492 g/mol. The molecule has 1 aliphatic rings. The summed E-state index contributed by atoms with van der Waals surface area (Å²) in [6, 6.07) is 0. The number of ether oxygens (including phenoxy) is 2. The minimum absolute atomic E-state index is 0.0239. The second-order valence-electron chi connectivity index (χ2n) is 12.7. The van der Waals surface area contributed by atoms with Crippen molar-refractivity contribution in [2.24, 2.45) is 11.8 Å². The number of allylic oxidation sites excluding steroid dienone is 4. The van der Waals surface area contributed by atoms with Gasteiger partial charge in [0.2, 0.25) is 0 Å². The maximum absolute atomic E-state index is 12.5. The predicted molar refractivity (Wildman–Crippen MR) is 174 cm³/mol. The van der Waals surface area contributed by atoms with Crippen molar-refractivity contribution < 1.29 is 14.3 Å². The van der Waals surface area contributed by atoms with E-state index in [0.29, 0.717) is 12.5 Å². The number of rotatable bonds is 26. The van der Waals surface area contributed by atoms with Crippen molar-refractivity contribution in [1.82, 2.24) is 0 Å². The Morgan fingerprint density at radius 3 is 1.82 bits per heavy atom. The van der Waals surface area contributed by atoms with Crippen LogP contribution in [-0.2, 0) is 9.47 Å². The van der Waals surface area contributed by atoms with Crippen LogP contribution in [-0.4, -0.2) is 18.9 Å². The minimum atomic E-state index is -0.426. The first-order valence-corrected chi connectivity index (χ1v) is 17.8. The summed E-state index contributed by atoms with van der Waals surface area (Å²) in [5, 5.41) is 0. The predicted octanol–water partition coefficient (Wildman–Crippen LogP) is 12.7. The first-order valence-electron chi connectivity index (χ1n) is 17.8. The second kappa shape index (κ2) is 27.9. The summed E-state index contributed by atoms with van der Waals surface area (Å²) in [6.07, 6.45) is 40.0. The van der Waals surface area contributed by atoms with Gasteiger partial charge in [0, 0.05) is 0 Å². The molecule has 0 saturated heterocycles. The Kier molecular flexibility index (Phi) is 25.6. The van der Waals surface area contributed by atoms with Crippen molar-refractivity contribution in [3.8, 4) is 0 Å². The number of hydrogen-bond donors (Lipinski definition) is 0. The summed E-state index contributed by atoms with van der Waals surface area (Å²) in [5.41, 5.74) is 0. The fourth-order valence-corrected chi connectivity index (χ4v) is 6.02. The van der Waals surface area contributed by atoms with E-state index in [9.17, 15) is 4.79 Å². The van der Waals surface area contributed by atoms with Crippen LogP contribution in [0.2, 0.25) is 0 Å². The van der Waals surface area contributed by atoms with Gasteiger partial charge in [-0.15, -0.1) is 0 Å². The van der Waals surface area contributed by atoms with Crippen LogP contribution in [0.25, 0.3) is 0 Å². The maximum Gasteiger partial charge on any atom is 0.508 e. The van der Waals surface area contributed by atoms with Gasteiger partial charge in [0.05, 0.1) is 6.61 Å². The molecule has 3 atom stereocenters. The average Bonchev–Trinajstić information content (AvgIpc) is 2.95. The maximum atomic E-state index is 12.5. The lowest BCUT2D eigenvalue weighted by molar-refractivity contribution is 0.00430. The van der Waals surface area contributed by atoms with Crippen LogP contribution in [0.4, 0.5) is 4.79 Å². The number of carbonyl (C=O) groups excluding carboxylic acids is 1. The van der Waals surface area contributed by atoms with Crippen LogP contribution in [0.3, 0.4) is 0 Å². The van der Waals surface area contributed by atoms with Gasteiger partial charge in [-0.1, -0.05) is 135 Å². The molecule has 0 heterocycles. The summed E-state index contributed by atoms with van der Waals surface area (Å²) >= 11 is 0. The van der Waals surface area contributed by atoms with Crippen LogP contribution in [0.1, 0.15) is 181 Å². The van der Waals surface area contributed by atoms with E-state index >= 15 is 0 Å². The Morgan fingerprint density at radius 2 is 1.23 bits per heavy atom. The third-order valence-electron chi connectivity index (χ3n) is 8.60. The number of unbranched alkanes of at least 4 members (excludes halogenated alkanes) is 15. The molecule has 3 unspecified atom stereocenters. The molecule has 0 spiro atoms. The molecule has 40 heavy (non-hydrogen) atoms. The first-order chi connectivity index (χ1) is 19.7. The zero-order valence-corrected chi connectivity index (χ0v) is 27.2. The van der Waals surface area contributed by atoms with Gasteiger partial charge < -0.3 is 9.47 Å². The third-order valence-corrected chi connectivity index (χ3v) is 8.60. The highest BCUT2D eigenvalue weighted by Crippen LogP contribution is 2.29. The standard InChI is InChI=1S/C37H68O3/c1-4-6-8-10-12-14-15-16-17-18-19-20-22-24-26-31-36(30-25-23-21-13-11-9-7-5-2)40-37(38)39-33-35-29-27-28-34(3)32-35/h12,14,16-17,34-36H,4-11,13,15,18-33H2,1-3H3/b14-12-,17-16-. The van der Waals surface area contributed by atoms with E-state index in [1.54, 1.807) is 0 Å². The van der Waals surface area contributed by atoms with Gasteiger partial charge in [0.1, 0.15) is 6.10 Å². The molecule has 1 rings (SSSR count). The van der Waals surface area contributed by atoms with Crippen molar-refractivity contribution in [3.63, 3.8) is 0 Å². The van der Waals surface area contributed by atoms with Gasteiger partial charge in [-0.2, -0.15) is 0 Å². The highest BCUT2D eigenvalue weighted by atomic mass is 16.7. The molecular formula is C37H68O3. The molecule has 234 valence electrons. The van der Waals surface area contributed by atoms with E-state index < -0.39 is 6.16 Å². The van der Waals surface area contributed by atoms with Gasteiger partial charge in [-0.3, -0.25) is 0 Å². The fraction of sp³-hybridized carbons (Fsp3) is 0.865. The van der Waals surface area contributed by atoms with E-state index in [4.69, 9.17) is 9.47 Å². The zero-order valence-electron chi connectivity index (χ0n) is 27.2. The monoisotopic (exact) mass is 561 g/mol. The average molecular weight is 561 g/mol. The summed E-state index contributed by atoms with van der Waals surface area (Å²) in [5.74, 6) is 1.27. The molecule has 0 radical (unpaired) electrons. The Morgan fingerprint density at radius 1 is 0.700 bits per heavy atom. The third kappa shape index (κ3) is 23.5. The lowest BCUT2D eigenvalue weighted by atomic mass is 9.83. The largest absolute Gasteiger partial charge is 0.508 e. The topological polar surface area (TPSA) is 35.5 Å². The molecule has 0 aromatic heterocycles. The fourth-order valence-electron chi connectivity index (χ4n) is 6.02. The highest BCUT2D eigenvalue weighted by molar-refractivity contribution is 5.60. The quantitative estimate of drug-likeness (QED) is 0.0599. The highest BCUT2D eigenvalue weighted by Gasteiger charge is 2.22. The van der Waals surface area contributed by atoms with Gasteiger partial charge in [0.15, 0.2) is 0 Å². The van der Waals surface area contributed by atoms with Gasteiger partial charge >= 0.3 is 6.16 Å². The van der Waals surface area contributed by atoms with E-state index in [-0.39, 0.29) is 6.10 Å². The van der Waals surface area contributed by atoms with Crippen LogP contribution >= 0.6 is 0 Å². The van der Waals surface area contributed by atoms with E-state index in [0.717, 1.165) is 38.0 Å². The molecule has 1 fully saturated rings. The Hall–Kier alpha value is -1.25. The van der Waals surface area contributed by atoms with E-state index in [1.807, 2.05) is 0 Å². The summed E-state index contributed by atoms with van der Waals surface area (Å²) in [6.45, 7) is 7.39. The van der Waals surface area contributed by atoms with Crippen molar-refractivity contribution in [2.75, 3.05) is 6.61 Å². The molecule has 0 bridgehead atoms. The number of carbonyl (C=O) groups is 1. The molecule has 0 aromatic carbocycles. The van der Waals surface area contributed by atoms with Crippen LogP contribution in [0.15, 0.2) is 24.3 Å². The SMILES string of the molecule is CCCCC/C=C\C/C=C\CCCCCCCC(CCCCCCCCCC)OC(=O)OCC1CCCC(C)C1. The summed E-state index contributed by atoms with van der Waals surface area (Å²) in [4.78, 5) is 12.5. The van der Waals surface area contributed by atoms with Gasteiger partial charge in [0.25, 0.3) is 0 Å². The lowest BCUT2D eigenvalue weighted by Crippen LogP contribution is -2.24. The van der Waals surface area contributed by atoms with E-state index in [1.165, 1.54) is 128 Å². The molecule has 0 aromatic rings. The molecule has 1 aliphatic carbocycles. The molecule has 0 N–H and O–H groups in total. The van der Waals surface area contributed by atoms with Gasteiger partial charge in [-0.25, -0.2) is 4.79 Å². The summed E-state index contributed by atoms with van der Waals surface area (Å²) in [7, 11) is 0. The van der Waals surface area contributed by atoms with Crippen LogP contribution in [0.5, 0.6) is 0 Å². The second-order valence-corrected chi connectivity index (χ2v) is 12.7. The summed E-state index contributed by atoms with van der Waals surface area (Å²) < 4.78 is 11.5. The van der Waals surface area contributed by atoms with Crippen molar-refractivity contribution in [1.29, 1.82) is 0 Å². The van der Waals surface area contributed by atoms with Crippen LogP contribution in [0, 0.1) is 11.8 Å². The Balaban J connectivity index is 2.20. The molecule has 3 nitrogen and oxygen atoms in total. The van der Waals surface area contributed by atoms with Crippen molar-refractivity contribution >= 4 is 6.16 Å². The van der Waals surface area contributed by atoms with Crippen LogP contribution < -0.4 is 0 Å². The molecule has 3 heteroatoms. The van der Waals surface area contributed by atoms with Gasteiger partial charge in [-0.05, 0) is 82.5 Å². The molecule has 0 aliphatic heterocycles. The van der Waals surface area contributed by atoms with Crippen molar-refractivity contribution in [2.45, 2.75) is 187 Å². The normalized spacial score (nSPS) is 18.5. The minimum Gasteiger partial charge on any atom is -0.434 e. The lowest BCUT2D eigenvalue weighted by Gasteiger charge is -2.26. The number of hydrogen-bond acceptors (Lipinski definition) is 3. The molecule has 0 amide bonds. The van der Waals surface area contributed by atoms with E-state index in [2.05, 4.69) is 45.1 Å². The first kappa shape index (κ1) is 36.8. The molecule has 1 saturated carbocycles. The Bertz CT molecular complexity index is 611.